The minimum absolute atomic E-state index is 0.0237. The number of hydrogen-bond acceptors (Lipinski definition) is 3. The summed E-state index contributed by atoms with van der Waals surface area (Å²) in [7, 11) is 0. The van der Waals surface area contributed by atoms with E-state index in [9.17, 15) is 14.7 Å². The molecule has 0 aromatic heterocycles. The molecule has 3 atom stereocenters. The van der Waals surface area contributed by atoms with E-state index < -0.39 is 17.8 Å². The number of rotatable bonds is 4. The number of likely N-dealkylation sites (tertiary alicyclic amines) is 1. The number of carboxylic acids is 1. The van der Waals surface area contributed by atoms with Crippen LogP contribution in [0, 0.1) is 17.8 Å². The Morgan fingerprint density at radius 3 is 2.55 bits per heavy atom. The third-order valence-corrected chi connectivity index (χ3v) is 4.43. The highest BCUT2D eigenvalue weighted by atomic mass is 16.4. The average molecular weight is 281 g/mol. The fourth-order valence-electron chi connectivity index (χ4n) is 3.28. The topological polar surface area (TPSA) is 77.8 Å². The zero-order valence-corrected chi connectivity index (χ0v) is 11.7. The number of aliphatic hydroxyl groups excluding tert-OH is 1. The quantitative estimate of drug-likeness (QED) is 0.761. The first-order valence-corrected chi connectivity index (χ1v) is 7.41. The zero-order valence-electron chi connectivity index (χ0n) is 11.7. The lowest BCUT2D eigenvalue weighted by Gasteiger charge is -2.36. The normalized spacial score (nSPS) is 30.2. The van der Waals surface area contributed by atoms with E-state index in [0.29, 0.717) is 31.8 Å². The van der Waals surface area contributed by atoms with Crippen molar-refractivity contribution in [1.82, 2.24) is 4.90 Å². The van der Waals surface area contributed by atoms with E-state index in [1.54, 1.807) is 0 Å². The van der Waals surface area contributed by atoms with Crippen LogP contribution in [0.4, 0.5) is 0 Å². The van der Waals surface area contributed by atoms with E-state index in [4.69, 9.17) is 5.11 Å². The Hall–Kier alpha value is -1.36. The molecular weight excluding hydrogens is 258 g/mol. The van der Waals surface area contributed by atoms with Gasteiger partial charge in [0.1, 0.15) is 0 Å². The van der Waals surface area contributed by atoms with Crippen LogP contribution in [0.3, 0.4) is 0 Å². The van der Waals surface area contributed by atoms with Gasteiger partial charge in [0.05, 0.1) is 11.8 Å². The smallest absolute Gasteiger partial charge is 0.307 e. The molecule has 1 saturated heterocycles. The number of amides is 1. The van der Waals surface area contributed by atoms with Crippen LogP contribution in [-0.4, -0.2) is 46.7 Å². The molecule has 1 heterocycles. The van der Waals surface area contributed by atoms with E-state index in [2.05, 4.69) is 0 Å². The van der Waals surface area contributed by atoms with E-state index in [0.717, 1.165) is 19.3 Å². The first-order valence-electron chi connectivity index (χ1n) is 7.41. The van der Waals surface area contributed by atoms with E-state index in [1.165, 1.54) is 0 Å². The number of aliphatic hydroxyl groups is 1. The Morgan fingerprint density at radius 1 is 1.20 bits per heavy atom. The number of nitrogens with zero attached hydrogens (tertiary/aromatic N) is 1. The highest BCUT2D eigenvalue weighted by Crippen LogP contribution is 2.29. The number of aliphatic carboxylic acids is 1. The van der Waals surface area contributed by atoms with Gasteiger partial charge in [-0.1, -0.05) is 12.2 Å². The van der Waals surface area contributed by atoms with Crippen molar-refractivity contribution in [3.63, 3.8) is 0 Å². The van der Waals surface area contributed by atoms with E-state index in [1.807, 2.05) is 17.1 Å². The molecule has 1 fully saturated rings. The third kappa shape index (κ3) is 3.39. The van der Waals surface area contributed by atoms with Gasteiger partial charge >= 0.3 is 5.97 Å². The minimum atomic E-state index is -0.878. The number of hydrogen-bond donors (Lipinski definition) is 2. The van der Waals surface area contributed by atoms with Gasteiger partial charge in [0.15, 0.2) is 0 Å². The van der Waals surface area contributed by atoms with Crippen LogP contribution in [0.25, 0.3) is 0 Å². The molecule has 20 heavy (non-hydrogen) atoms. The van der Waals surface area contributed by atoms with Gasteiger partial charge in [-0.25, -0.2) is 0 Å². The fraction of sp³-hybridized carbons (Fsp3) is 0.733. The molecule has 0 saturated carbocycles. The molecule has 1 aliphatic carbocycles. The summed E-state index contributed by atoms with van der Waals surface area (Å²) in [5.74, 6) is -1.57. The van der Waals surface area contributed by atoms with Crippen LogP contribution in [-0.2, 0) is 9.59 Å². The Bertz CT molecular complexity index is 391. The predicted octanol–water partition coefficient (Wildman–Crippen LogP) is 1.27. The van der Waals surface area contributed by atoms with Crippen LogP contribution in [0.5, 0.6) is 0 Å². The number of carbonyl (C=O) groups excluding carboxylic acids is 1. The maximum Gasteiger partial charge on any atom is 0.307 e. The largest absolute Gasteiger partial charge is 0.481 e. The highest BCUT2D eigenvalue weighted by Gasteiger charge is 2.37. The molecule has 0 bridgehead atoms. The summed E-state index contributed by atoms with van der Waals surface area (Å²) in [5.41, 5.74) is 0. The van der Waals surface area contributed by atoms with Crippen molar-refractivity contribution in [3.05, 3.63) is 12.2 Å². The molecule has 3 unspecified atom stereocenters. The van der Waals surface area contributed by atoms with Gasteiger partial charge in [-0.3, -0.25) is 9.59 Å². The lowest BCUT2D eigenvalue weighted by molar-refractivity contribution is -0.151. The zero-order chi connectivity index (χ0) is 14.5. The van der Waals surface area contributed by atoms with E-state index >= 15 is 0 Å². The molecule has 0 aromatic carbocycles. The monoisotopic (exact) mass is 281 g/mol. The molecule has 5 nitrogen and oxygen atoms in total. The van der Waals surface area contributed by atoms with Crippen LogP contribution < -0.4 is 0 Å². The van der Waals surface area contributed by atoms with Gasteiger partial charge in [-0.05, 0) is 38.0 Å². The molecule has 5 heteroatoms. The summed E-state index contributed by atoms with van der Waals surface area (Å²) in [6.07, 6.45) is 7.44. The first-order chi connectivity index (χ1) is 9.63. The fourth-order valence-corrected chi connectivity index (χ4v) is 3.28. The van der Waals surface area contributed by atoms with Crippen molar-refractivity contribution in [2.45, 2.75) is 32.1 Å². The standard InChI is InChI=1S/C15H23NO4/c17-9-7-11-4-3-8-16(10-11)14(18)12-5-1-2-6-13(12)15(19)20/h1-2,11-13,17H,3-10H2,(H,19,20). The summed E-state index contributed by atoms with van der Waals surface area (Å²) in [4.78, 5) is 25.7. The van der Waals surface area contributed by atoms with Crippen molar-refractivity contribution in [2.75, 3.05) is 19.7 Å². The molecule has 0 spiro atoms. The summed E-state index contributed by atoms with van der Waals surface area (Å²) in [6.45, 7) is 1.52. The molecule has 0 aromatic rings. The van der Waals surface area contributed by atoms with Crippen molar-refractivity contribution >= 4 is 11.9 Å². The van der Waals surface area contributed by atoms with Crippen molar-refractivity contribution in [3.8, 4) is 0 Å². The second-order valence-corrected chi connectivity index (χ2v) is 5.80. The van der Waals surface area contributed by atoms with Gasteiger partial charge in [-0.2, -0.15) is 0 Å². The Labute approximate surface area is 119 Å². The second kappa shape index (κ2) is 6.88. The van der Waals surface area contributed by atoms with Gasteiger partial charge in [-0.15, -0.1) is 0 Å². The van der Waals surface area contributed by atoms with Crippen LogP contribution >= 0.6 is 0 Å². The summed E-state index contributed by atoms with van der Waals surface area (Å²) in [6, 6.07) is 0. The first kappa shape index (κ1) is 15.0. The van der Waals surface area contributed by atoms with Gasteiger partial charge in [0.25, 0.3) is 0 Å². The molecule has 2 rings (SSSR count). The number of carboxylic acid groups (broad SMARTS) is 1. The van der Waals surface area contributed by atoms with Crippen LogP contribution in [0.1, 0.15) is 32.1 Å². The molecule has 2 N–H and O–H groups in total. The SMILES string of the molecule is O=C(O)C1CC=CCC1C(=O)N1CCCC(CCO)C1. The second-order valence-electron chi connectivity index (χ2n) is 5.80. The molecule has 1 aliphatic heterocycles. The third-order valence-electron chi connectivity index (χ3n) is 4.43. The Balaban J connectivity index is 2.02. The Morgan fingerprint density at radius 2 is 1.90 bits per heavy atom. The van der Waals surface area contributed by atoms with Crippen molar-refractivity contribution in [1.29, 1.82) is 0 Å². The molecule has 112 valence electrons. The number of allylic oxidation sites excluding steroid dienone is 2. The molecule has 1 amide bonds. The lowest BCUT2D eigenvalue weighted by atomic mass is 9.81. The summed E-state index contributed by atoms with van der Waals surface area (Å²) < 4.78 is 0. The van der Waals surface area contributed by atoms with Gasteiger partial charge in [0.2, 0.25) is 5.91 Å². The summed E-state index contributed by atoms with van der Waals surface area (Å²) in [5, 5.41) is 18.3. The molecule has 0 radical (unpaired) electrons. The summed E-state index contributed by atoms with van der Waals surface area (Å²) >= 11 is 0. The van der Waals surface area contributed by atoms with Crippen LogP contribution in [0.2, 0.25) is 0 Å². The minimum Gasteiger partial charge on any atom is -0.481 e. The van der Waals surface area contributed by atoms with Gasteiger partial charge < -0.3 is 15.1 Å². The maximum atomic E-state index is 12.6. The van der Waals surface area contributed by atoms with Crippen molar-refractivity contribution in [2.24, 2.45) is 17.8 Å². The lowest BCUT2D eigenvalue weighted by Crippen LogP contribution is -2.46. The van der Waals surface area contributed by atoms with Crippen LogP contribution in [0.15, 0.2) is 12.2 Å². The number of piperidine rings is 1. The molecular formula is C15H23NO4. The predicted molar refractivity (Wildman–Crippen MR) is 74.0 cm³/mol. The van der Waals surface area contributed by atoms with Crippen molar-refractivity contribution < 1.29 is 19.8 Å². The Kier molecular flexibility index (Phi) is 5.17. The van der Waals surface area contributed by atoms with Gasteiger partial charge in [0, 0.05) is 19.7 Å². The number of carbonyl (C=O) groups is 2. The molecule has 2 aliphatic rings. The van der Waals surface area contributed by atoms with E-state index in [-0.39, 0.29) is 12.5 Å². The maximum absolute atomic E-state index is 12.6. The highest BCUT2D eigenvalue weighted by molar-refractivity contribution is 5.85. The average Bonchev–Trinajstić information content (AvgIpc) is 2.47.